The van der Waals surface area contributed by atoms with Crippen LogP contribution in [0, 0.1) is 0 Å². The minimum absolute atomic E-state index is 0.299. The van der Waals surface area contributed by atoms with E-state index >= 15 is 0 Å². The second-order valence-corrected chi connectivity index (χ2v) is 2.97. The SMILES string of the molecule is C1=C[C@@H](Oc2ccccc2)CC1. The maximum Gasteiger partial charge on any atom is 0.120 e. The zero-order valence-electron chi connectivity index (χ0n) is 6.94. The third kappa shape index (κ3) is 1.67. The molecule has 1 nitrogen and oxygen atoms in total. The van der Waals surface area contributed by atoms with Crippen molar-refractivity contribution in [3.8, 4) is 5.75 Å². The van der Waals surface area contributed by atoms with Gasteiger partial charge in [0, 0.05) is 0 Å². The lowest BCUT2D eigenvalue weighted by Gasteiger charge is -2.10. The van der Waals surface area contributed by atoms with Gasteiger partial charge >= 0.3 is 0 Å². The van der Waals surface area contributed by atoms with Crippen LogP contribution in [0.15, 0.2) is 42.5 Å². The molecular weight excluding hydrogens is 148 g/mol. The van der Waals surface area contributed by atoms with Gasteiger partial charge in [-0.3, -0.25) is 0 Å². The fourth-order valence-electron chi connectivity index (χ4n) is 1.38. The third-order valence-corrected chi connectivity index (χ3v) is 2.00. The molecule has 1 aliphatic carbocycles. The normalized spacial score (nSPS) is 21.2. The fourth-order valence-corrected chi connectivity index (χ4v) is 1.38. The quantitative estimate of drug-likeness (QED) is 0.604. The van der Waals surface area contributed by atoms with Crippen LogP contribution in [0.2, 0.25) is 0 Å². The lowest BCUT2D eigenvalue weighted by Crippen LogP contribution is -2.09. The van der Waals surface area contributed by atoms with Gasteiger partial charge in [-0.25, -0.2) is 0 Å². The number of rotatable bonds is 2. The topological polar surface area (TPSA) is 9.23 Å². The average Bonchev–Trinajstić information content (AvgIpc) is 2.59. The van der Waals surface area contributed by atoms with Gasteiger partial charge < -0.3 is 4.74 Å². The first kappa shape index (κ1) is 7.41. The van der Waals surface area contributed by atoms with E-state index in [0.29, 0.717) is 6.10 Å². The predicted molar refractivity (Wildman–Crippen MR) is 49.2 cm³/mol. The van der Waals surface area contributed by atoms with E-state index in [9.17, 15) is 0 Å². The van der Waals surface area contributed by atoms with E-state index in [-0.39, 0.29) is 0 Å². The van der Waals surface area contributed by atoms with Crippen molar-refractivity contribution in [3.05, 3.63) is 42.5 Å². The summed E-state index contributed by atoms with van der Waals surface area (Å²) in [7, 11) is 0. The van der Waals surface area contributed by atoms with Crippen LogP contribution in [0.3, 0.4) is 0 Å². The van der Waals surface area contributed by atoms with Crippen molar-refractivity contribution in [1.82, 2.24) is 0 Å². The van der Waals surface area contributed by atoms with Crippen LogP contribution in [0.25, 0.3) is 0 Å². The van der Waals surface area contributed by atoms with Crippen LogP contribution in [0.5, 0.6) is 5.75 Å². The molecule has 62 valence electrons. The number of allylic oxidation sites excluding steroid dienone is 1. The van der Waals surface area contributed by atoms with Crippen molar-refractivity contribution in [2.45, 2.75) is 18.9 Å². The number of para-hydroxylation sites is 1. The fraction of sp³-hybridized carbons (Fsp3) is 0.273. The van der Waals surface area contributed by atoms with E-state index in [0.717, 1.165) is 18.6 Å². The molecule has 0 aliphatic heterocycles. The summed E-state index contributed by atoms with van der Waals surface area (Å²) in [6.45, 7) is 0. The molecule has 0 saturated heterocycles. The maximum absolute atomic E-state index is 5.69. The Bertz CT molecular complexity index is 264. The zero-order valence-corrected chi connectivity index (χ0v) is 6.94. The predicted octanol–water partition coefficient (Wildman–Crippen LogP) is 2.78. The van der Waals surface area contributed by atoms with Gasteiger partial charge in [-0.1, -0.05) is 24.3 Å². The van der Waals surface area contributed by atoms with E-state index in [1.807, 2.05) is 30.3 Å². The van der Waals surface area contributed by atoms with Crippen molar-refractivity contribution in [2.24, 2.45) is 0 Å². The number of hydrogen-bond acceptors (Lipinski definition) is 1. The molecule has 0 aromatic heterocycles. The van der Waals surface area contributed by atoms with Gasteiger partial charge in [0.1, 0.15) is 11.9 Å². The molecule has 0 bridgehead atoms. The van der Waals surface area contributed by atoms with Crippen molar-refractivity contribution >= 4 is 0 Å². The largest absolute Gasteiger partial charge is 0.486 e. The Hall–Kier alpha value is -1.24. The summed E-state index contributed by atoms with van der Waals surface area (Å²) < 4.78 is 5.69. The maximum atomic E-state index is 5.69. The second-order valence-electron chi connectivity index (χ2n) is 2.97. The summed E-state index contributed by atoms with van der Waals surface area (Å²) in [6.07, 6.45) is 6.87. The molecule has 0 spiro atoms. The standard InChI is InChI=1S/C11H12O/c1-2-6-10(7-3-1)12-11-8-4-5-9-11/h1-4,6-8,11H,5,9H2/t11-/m1/s1. The molecular formula is C11H12O. The smallest absolute Gasteiger partial charge is 0.120 e. The Kier molecular flexibility index (Phi) is 2.12. The first-order valence-corrected chi connectivity index (χ1v) is 4.33. The highest BCUT2D eigenvalue weighted by Crippen LogP contribution is 2.17. The highest BCUT2D eigenvalue weighted by molar-refractivity contribution is 5.22. The van der Waals surface area contributed by atoms with Crippen LogP contribution in [-0.2, 0) is 0 Å². The van der Waals surface area contributed by atoms with Gasteiger partial charge in [-0.05, 0) is 31.1 Å². The summed E-state index contributed by atoms with van der Waals surface area (Å²) in [4.78, 5) is 0. The van der Waals surface area contributed by atoms with Crippen LogP contribution in [-0.4, -0.2) is 6.10 Å². The lowest BCUT2D eigenvalue weighted by atomic mass is 10.3. The molecule has 1 heteroatoms. The summed E-state index contributed by atoms with van der Waals surface area (Å²) in [6, 6.07) is 9.97. The van der Waals surface area contributed by atoms with Crippen molar-refractivity contribution in [3.63, 3.8) is 0 Å². The third-order valence-electron chi connectivity index (χ3n) is 2.00. The van der Waals surface area contributed by atoms with Gasteiger partial charge in [0.2, 0.25) is 0 Å². The summed E-state index contributed by atoms with van der Waals surface area (Å²) in [5, 5.41) is 0. The molecule has 0 heterocycles. The molecule has 0 radical (unpaired) electrons. The monoisotopic (exact) mass is 160 g/mol. The molecule has 1 aromatic rings. The molecule has 1 aromatic carbocycles. The summed E-state index contributed by atoms with van der Waals surface area (Å²) in [5.41, 5.74) is 0. The molecule has 0 amide bonds. The van der Waals surface area contributed by atoms with Crippen LogP contribution >= 0.6 is 0 Å². The summed E-state index contributed by atoms with van der Waals surface area (Å²) >= 11 is 0. The van der Waals surface area contributed by atoms with Crippen LogP contribution in [0.4, 0.5) is 0 Å². The van der Waals surface area contributed by atoms with E-state index in [1.165, 1.54) is 0 Å². The lowest BCUT2D eigenvalue weighted by molar-refractivity contribution is 0.249. The minimum Gasteiger partial charge on any atom is -0.486 e. The minimum atomic E-state index is 0.299. The number of benzene rings is 1. The van der Waals surface area contributed by atoms with Gasteiger partial charge in [-0.2, -0.15) is 0 Å². The zero-order chi connectivity index (χ0) is 8.23. The van der Waals surface area contributed by atoms with Gasteiger partial charge in [0.15, 0.2) is 0 Å². The van der Waals surface area contributed by atoms with E-state index < -0.39 is 0 Å². The Morgan fingerprint density at radius 1 is 1.17 bits per heavy atom. The van der Waals surface area contributed by atoms with E-state index in [2.05, 4.69) is 12.2 Å². The van der Waals surface area contributed by atoms with Crippen LogP contribution in [0.1, 0.15) is 12.8 Å². The molecule has 0 unspecified atom stereocenters. The molecule has 0 N–H and O–H groups in total. The van der Waals surface area contributed by atoms with Crippen molar-refractivity contribution < 1.29 is 4.74 Å². The Balaban J connectivity index is 1.99. The Labute approximate surface area is 72.7 Å². The van der Waals surface area contributed by atoms with Crippen molar-refractivity contribution in [2.75, 3.05) is 0 Å². The highest BCUT2D eigenvalue weighted by Gasteiger charge is 2.09. The van der Waals surface area contributed by atoms with E-state index in [4.69, 9.17) is 4.74 Å². The molecule has 12 heavy (non-hydrogen) atoms. The molecule has 0 fully saturated rings. The Morgan fingerprint density at radius 2 is 2.00 bits per heavy atom. The van der Waals surface area contributed by atoms with Crippen molar-refractivity contribution in [1.29, 1.82) is 0 Å². The number of ether oxygens (including phenoxy) is 1. The van der Waals surface area contributed by atoms with Gasteiger partial charge in [0.05, 0.1) is 0 Å². The van der Waals surface area contributed by atoms with Gasteiger partial charge in [0.25, 0.3) is 0 Å². The first-order valence-electron chi connectivity index (χ1n) is 4.33. The van der Waals surface area contributed by atoms with Gasteiger partial charge in [-0.15, -0.1) is 0 Å². The van der Waals surface area contributed by atoms with E-state index in [1.54, 1.807) is 0 Å². The molecule has 1 atom stereocenters. The second kappa shape index (κ2) is 3.44. The molecule has 1 aliphatic rings. The average molecular weight is 160 g/mol. The molecule has 2 rings (SSSR count). The first-order chi connectivity index (χ1) is 5.95. The highest BCUT2D eigenvalue weighted by atomic mass is 16.5. The summed E-state index contributed by atoms with van der Waals surface area (Å²) in [5.74, 6) is 0.967. The van der Waals surface area contributed by atoms with Crippen LogP contribution < -0.4 is 4.74 Å². The number of hydrogen-bond donors (Lipinski definition) is 0. The molecule has 0 saturated carbocycles. The Morgan fingerprint density at radius 3 is 2.67 bits per heavy atom.